The largest absolute Gasteiger partial charge is 0.444 e. The molecule has 1 aromatic heterocycles. The molecule has 0 radical (unpaired) electrons. The van der Waals surface area contributed by atoms with Crippen LogP contribution in [-0.2, 0) is 4.74 Å². The van der Waals surface area contributed by atoms with Crippen LogP contribution in [0.3, 0.4) is 0 Å². The molecule has 1 fully saturated rings. The second-order valence-corrected chi connectivity index (χ2v) is 8.73. The molecule has 3 rings (SSSR count). The lowest BCUT2D eigenvalue weighted by molar-refractivity contribution is 0.0210. The molecule has 0 aliphatic carbocycles. The van der Waals surface area contributed by atoms with Crippen LogP contribution in [0.2, 0.25) is 0 Å². The lowest BCUT2D eigenvalue weighted by Gasteiger charge is -2.33. The van der Waals surface area contributed by atoms with Crippen LogP contribution in [-0.4, -0.2) is 45.7 Å². The van der Waals surface area contributed by atoms with E-state index in [-0.39, 0.29) is 12.1 Å². The Morgan fingerprint density at radius 1 is 1.18 bits per heavy atom. The van der Waals surface area contributed by atoms with Crippen molar-refractivity contribution in [3.63, 3.8) is 0 Å². The third-order valence-electron chi connectivity index (χ3n) is 4.26. The second kappa shape index (κ2) is 8.77. The fourth-order valence-corrected chi connectivity index (χ4v) is 3.36. The predicted octanol–water partition coefficient (Wildman–Crippen LogP) is 4.79. The van der Waals surface area contributed by atoms with E-state index in [0.717, 1.165) is 34.6 Å². The zero-order valence-corrected chi connectivity index (χ0v) is 18.0. The van der Waals surface area contributed by atoms with E-state index in [9.17, 15) is 4.79 Å². The molecule has 1 saturated heterocycles. The fourth-order valence-electron chi connectivity index (χ4n) is 2.96. The van der Waals surface area contributed by atoms with Gasteiger partial charge in [-0.2, -0.15) is 0 Å². The Bertz CT molecular complexity index is 816. The van der Waals surface area contributed by atoms with Gasteiger partial charge in [0, 0.05) is 35.4 Å². The van der Waals surface area contributed by atoms with E-state index >= 15 is 0 Å². The van der Waals surface area contributed by atoms with Crippen molar-refractivity contribution >= 4 is 39.3 Å². The van der Waals surface area contributed by atoms with Gasteiger partial charge in [-0.3, -0.25) is 0 Å². The van der Waals surface area contributed by atoms with Crippen molar-refractivity contribution in [1.82, 2.24) is 14.9 Å². The maximum absolute atomic E-state index is 12.2. The lowest BCUT2D eigenvalue weighted by Crippen LogP contribution is -2.44. The summed E-state index contributed by atoms with van der Waals surface area (Å²) < 4.78 is 6.45. The van der Waals surface area contributed by atoms with Gasteiger partial charge in [-0.25, -0.2) is 14.8 Å². The van der Waals surface area contributed by atoms with Crippen molar-refractivity contribution in [3.8, 4) is 0 Å². The zero-order chi connectivity index (χ0) is 20.1. The molecule has 2 aromatic rings. The average molecular weight is 448 g/mol. The summed E-state index contributed by atoms with van der Waals surface area (Å²) in [7, 11) is 0. The molecule has 1 amide bonds. The van der Waals surface area contributed by atoms with Gasteiger partial charge >= 0.3 is 6.09 Å². The molecule has 7 nitrogen and oxygen atoms in total. The minimum Gasteiger partial charge on any atom is -0.444 e. The Morgan fingerprint density at radius 2 is 1.89 bits per heavy atom. The van der Waals surface area contributed by atoms with Gasteiger partial charge in [0.05, 0.1) is 0 Å². The predicted molar refractivity (Wildman–Crippen MR) is 114 cm³/mol. The van der Waals surface area contributed by atoms with Crippen LogP contribution in [0.15, 0.2) is 41.1 Å². The number of likely N-dealkylation sites (tertiary alicyclic amines) is 1. The molecule has 150 valence electrons. The Kier molecular flexibility index (Phi) is 6.39. The van der Waals surface area contributed by atoms with Crippen LogP contribution in [0.5, 0.6) is 0 Å². The van der Waals surface area contributed by atoms with Crippen LogP contribution in [0.25, 0.3) is 0 Å². The van der Waals surface area contributed by atoms with E-state index in [4.69, 9.17) is 4.74 Å². The SMILES string of the molecule is CC(C)(C)OC(=O)N1CCC(Nc2cc(Nc3cccc(Br)c3)ncn2)CC1. The van der Waals surface area contributed by atoms with Crippen LogP contribution in [0, 0.1) is 0 Å². The van der Waals surface area contributed by atoms with Crippen LogP contribution in [0.1, 0.15) is 33.6 Å². The highest BCUT2D eigenvalue weighted by Gasteiger charge is 2.26. The van der Waals surface area contributed by atoms with Gasteiger partial charge in [0.2, 0.25) is 0 Å². The highest BCUT2D eigenvalue weighted by molar-refractivity contribution is 9.10. The third kappa shape index (κ3) is 6.09. The molecule has 1 aliphatic rings. The van der Waals surface area contributed by atoms with Gasteiger partial charge in [0.25, 0.3) is 0 Å². The van der Waals surface area contributed by atoms with Crippen molar-refractivity contribution in [2.24, 2.45) is 0 Å². The minimum atomic E-state index is -0.467. The molecule has 2 heterocycles. The summed E-state index contributed by atoms with van der Waals surface area (Å²) in [4.78, 5) is 22.5. The molecular formula is C20H26BrN5O2. The van der Waals surface area contributed by atoms with E-state index in [2.05, 4.69) is 36.5 Å². The molecule has 8 heteroatoms. The number of piperidine rings is 1. The molecule has 28 heavy (non-hydrogen) atoms. The number of nitrogens with one attached hydrogen (secondary N) is 2. The Labute approximate surface area is 174 Å². The number of halogens is 1. The standard InChI is InChI=1S/C20H26BrN5O2/c1-20(2,3)28-19(27)26-9-7-15(8-10-26)24-17-12-18(23-13-22-17)25-16-6-4-5-14(21)11-16/h4-6,11-13,15H,7-10H2,1-3H3,(H2,22,23,24,25). The quantitative estimate of drug-likeness (QED) is 0.700. The highest BCUT2D eigenvalue weighted by atomic mass is 79.9. The topological polar surface area (TPSA) is 79.4 Å². The minimum absolute atomic E-state index is 0.242. The van der Waals surface area contributed by atoms with E-state index in [0.29, 0.717) is 13.1 Å². The van der Waals surface area contributed by atoms with Crippen molar-refractivity contribution in [2.75, 3.05) is 23.7 Å². The number of ether oxygens (including phenoxy) is 1. The van der Waals surface area contributed by atoms with Crippen LogP contribution < -0.4 is 10.6 Å². The van der Waals surface area contributed by atoms with Crippen LogP contribution in [0.4, 0.5) is 22.1 Å². The molecule has 2 N–H and O–H groups in total. The molecule has 1 aliphatic heterocycles. The number of rotatable bonds is 4. The first-order chi connectivity index (χ1) is 13.3. The van der Waals surface area contributed by atoms with Crippen molar-refractivity contribution in [2.45, 2.75) is 45.3 Å². The number of anilines is 3. The Morgan fingerprint density at radius 3 is 2.57 bits per heavy atom. The average Bonchev–Trinajstić information content (AvgIpc) is 2.61. The molecule has 0 unspecified atom stereocenters. The first kappa shape index (κ1) is 20.4. The second-order valence-electron chi connectivity index (χ2n) is 7.81. The van der Waals surface area contributed by atoms with Crippen molar-refractivity contribution in [1.29, 1.82) is 0 Å². The van der Waals surface area contributed by atoms with Gasteiger partial charge in [-0.1, -0.05) is 22.0 Å². The number of carbonyl (C=O) groups excluding carboxylic acids is 1. The van der Waals surface area contributed by atoms with Crippen molar-refractivity contribution in [3.05, 3.63) is 41.1 Å². The molecular weight excluding hydrogens is 422 g/mol. The maximum atomic E-state index is 12.2. The fraction of sp³-hybridized carbons (Fsp3) is 0.450. The Hall–Kier alpha value is -2.35. The van der Waals surface area contributed by atoms with Gasteiger partial charge in [-0.05, 0) is 51.8 Å². The summed E-state index contributed by atoms with van der Waals surface area (Å²) in [5.74, 6) is 1.49. The summed E-state index contributed by atoms with van der Waals surface area (Å²) in [5, 5.41) is 6.72. The molecule has 1 aromatic carbocycles. The van der Waals surface area contributed by atoms with Crippen LogP contribution >= 0.6 is 15.9 Å². The smallest absolute Gasteiger partial charge is 0.410 e. The van der Waals surface area contributed by atoms with Gasteiger partial charge < -0.3 is 20.3 Å². The first-order valence-corrected chi connectivity index (χ1v) is 10.2. The molecule has 0 bridgehead atoms. The molecule has 0 atom stereocenters. The van der Waals surface area contributed by atoms with Gasteiger partial charge in [-0.15, -0.1) is 0 Å². The number of hydrogen-bond donors (Lipinski definition) is 2. The summed E-state index contributed by atoms with van der Waals surface area (Å²) >= 11 is 3.46. The number of aromatic nitrogens is 2. The molecule has 0 spiro atoms. The van der Waals surface area contributed by atoms with Crippen molar-refractivity contribution < 1.29 is 9.53 Å². The van der Waals surface area contributed by atoms with E-state index in [1.807, 2.05) is 51.1 Å². The zero-order valence-electron chi connectivity index (χ0n) is 16.4. The third-order valence-corrected chi connectivity index (χ3v) is 4.76. The number of benzene rings is 1. The maximum Gasteiger partial charge on any atom is 0.410 e. The number of hydrogen-bond acceptors (Lipinski definition) is 6. The summed E-state index contributed by atoms with van der Waals surface area (Å²) in [5.41, 5.74) is 0.481. The monoisotopic (exact) mass is 447 g/mol. The van der Waals surface area contributed by atoms with E-state index < -0.39 is 5.60 Å². The van der Waals surface area contributed by atoms with E-state index in [1.165, 1.54) is 0 Å². The first-order valence-electron chi connectivity index (χ1n) is 9.37. The summed E-state index contributed by atoms with van der Waals surface area (Å²) in [6, 6.07) is 10.1. The normalized spacial score (nSPS) is 15.2. The summed E-state index contributed by atoms with van der Waals surface area (Å²) in [6.07, 6.45) is 2.99. The van der Waals surface area contributed by atoms with Gasteiger partial charge in [0.1, 0.15) is 23.6 Å². The summed E-state index contributed by atoms with van der Waals surface area (Å²) in [6.45, 7) is 6.98. The number of nitrogens with zero attached hydrogens (tertiary/aromatic N) is 3. The van der Waals surface area contributed by atoms with E-state index in [1.54, 1.807) is 11.2 Å². The highest BCUT2D eigenvalue weighted by Crippen LogP contribution is 2.22. The number of carbonyl (C=O) groups is 1. The molecule has 0 saturated carbocycles. The Balaban J connectivity index is 1.53. The lowest BCUT2D eigenvalue weighted by atomic mass is 10.1. The van der Waals surface area contributed by atoms with Gasteiger partial charge in [0.15, 0.2) is 0 Å². The number of amides is 1.